The molecule has 2 fully saturated rings. The molecule has 7 heteroatoms. The van der Waals surface area contributed by atoms with E-state index < -0.39 is 0 Å². The van der Waals surface area contributed by atoms with Crippen LogP contribution >= 0.6 is 0 Å². The number of piperazine rings is 1. The summed E-state index contributed by atoms with van der Waals surface area (Å²) in [4.78, 5) is 31.3. The Balaban J connectivity index is 1.66. The van der Waals surface area contributed by atoms with E-state index >= 15 is 0 Å². The molecule has 0 aromatic carbocycles. The van der Waals surface area contributed by atoms with Gasteiger partial charge in [-0.2, -0.15) is 5.10 Å². The number of anilines is 1. The van der Waals surface area contributed by atoms with E-state index in [9.17, 15) is 9.59 Å². The third-order valence-corrected chi connectivity index (χ3v) is 5.22. The minimum Gasteiger partial charge on any atom is -0.340 e. The van der Waals surface area contributed by atoms with Crippen LogP contribution in [-0.4, -0.2) is 70.2 Å². The molecule has 1 aromatic rings. The number of nitrogens with zero attached hydrogens (tertiary/aromatic N) is 5. The summed E-state index contributed by atoms with van der Waals surface area (Å²) >= 11 is 0. The Bertz CT molecular complexity index is 646. The van der Waals surface area contributed by atoms with Gasteiger partial charge in [0.25, 0.3) is 0 Å². The fourth-order valence-corrected chi connectivity index (χ4v) is 3.89. The van der Waals surface area contributed by atoms with Crippen molar-refractivity contribution in [1.29, 1.82) is 0 Å². The number of hydrogen-bond donors (Lipinski definition) is 0. The molecule has 2 aliphatic rings. The van der Waals surface area contributed by atoms with Crippen LogP contribution in [0.1, 0.15) is 32.4 Å². The average Bonchev–Trinajstić information content (AvgIpc) is 2.92. The molecule has 3 rings (SSSR count). The van der Waals surface area contributed by atoms with Gasteiger partial charge in [0.2, 0.25) is 11.8 Å². The molecule has 25 heavy (non-hydrogen) atoms. The van der Waals surface area contributed by atoms with E-state index in [2.05, 4.69) is 10.00 Å². The van der Waals surface area contributed by atoms with Gasteiger partial charge >= 0.3 is 0 Å². The second-order valence-corrected chi connectivity index (χ2v) is 7.43. The summed E-state index contributed by atoms with van der Waals surface area (Å²) in [5, 5.41) is 4.37. The molecular weight excluding hydrogens is 318 g/mol. The fraction of sp³-hybridized carbons (Fsp3) is 0.722. The number of carbonyl (C=O) groups excluding carboxylic acids is 2. The van der Waals surface area contributed by atoms with Crippen molar-refractivity contribution in [2.45, 2.75) is 39.7 Å². The van der Waals surface area contributed by atoms with Crippen LogP contribution in [0.5, 0.6) is 0 Å². The predicted octanol–water partition coefficient (Wildman–Crippen LogP) is 1.02. The minimum absolute atomic E-state index is 0.0337. The summed E-state index contributed by atoms with van der Waals surface area (Å²) in [6, 6.07) is 1.89. The fourth-order valence-electron chi connectivity index (χ4n) is 3.89. The van der Waals surface area contributed by atoms with Gasteiger partial charge in [-0.1, -0.05) is 13.8 Å². The van der Waals surface area contributed by atoms with Crippen molar-refractivity contribution in [3.05, 3.63) is 11.8 Å². The van der Waals surface area contributed by atoms with Crippen LogP contribution in [-0.2, 0) is 16.6 Å². The Kier molecular flexibility index (Phi) is 5.13. The number of piperidine rings is 1. The van der Waals surface area contributed by atoms with Gasteiger partial charge in [0.05, 0.1) is 11.7 Å². The summed E-state index contributed by atoms with van der Waals surface area (Å²) in [6.45, 7) is 9.54. The van der Waals surface area contributed by atoms with E-state index in [1.54, 1.807) is 4.68 Å². The van der Waals surface area contributed by atoms with E-state index in [0.29, 0.717) is 13.1 Å². The smallest absolute Gasteiger partial charge is 0.245 e. The maximum absolute atomic E-state index is 13.1. The molecule has 7 nitrogen and oxygen atoms in total. The molecule has 2 amide bonds. The molecule has 0 saturated carbocycles. The molecule has 2 aliphatic heterocycles. The van der Waals surface area contributed by atoms with E-state index in [-0.39, 0.29) is 23.8 Å². The van der Waals surface area contributed by atoms with Gasteiger partial charge in [-0.3, -0.25) is 24.1 Å². The zero-order chi connectivity index (χ0) is 18.1. The molecule has 0 bridgehead atoms. The van der Waals surface area contributed by atoms with E-state index in [4.69, 9.17) is 0 Å². The number of hydrogen-bond acceptors (Lipinski definition) is 4. The Morgan fingerprint density at radius 1 is 1.20 bits per heavy atom. The van der Waals surface area contributed by atoms with Crippen molar-refractivity contribution in [3.8, 4) is 0 Å². The molecule has 1 aromatic heterocycles. The number of rotatable bonds is 3. The predicted molar refractivity (Wildman–Crippen MR) is 96.3 cm³/mol. The van der Waals surface area contributed by atoms with Gasteiger partial charge in [-0.05, 0) is 19.8 Å². The zero-order valence-electron chi connectivity index (χ0n) is 15.7. The lowest BCUT2D eigenvalue weighted by Gasteiger charge is -2.42. The first-order valence-corrected chi connectivity index (χ1v) is 9.23. The van der Waals surface area contributed by atoms with E-state index in [0.717, 1.165) is 44.0 Å². The molecule has 1 atom stereocenters. The quantitative estimate of drug-likeness (QED) is 0.819. The summed E-state index contributed by atoms with van der Waals surface area (Å²) in [5.74, 6) is 1.28. The molecule has 3 heterocycles. The summed E-state index contributed by atoms with van der Waals surface area (Å²) in [7, 11) is 1.88. The van der Waals surface area contributed by atoms with Gasteiger partial charge in [0, 0.05) is 51.8 Å². The van der Waals surface area contributed by atoms with Crippen molar-refractivity contribution in [2.24, 2.45) is 13.0 Å². The van der Waals surface area contributed by atoms with Gasteiger partial charge < -0.3 is 4.90 Å². The standard InChI is InChI=1S/C18H29N5O2/c1-13(2)17(24)22-10-8-21(9-11-22)15-6-5-7-23(18(15)25)16-12-14(3)19-20(16)4/h12-13,15H,5-11H2,1-4H3. The Labute approximate surface area is 149 Å². The molecule has 2 saturated heterocycles. The lowest BCUT2D eigenvalue weighted by Crippen LogP contribution is -2.59. The van der Waals surface area contributed by atoms with Crippen molar-refractivity contribution >= 4 is 17.6 Å². The Morgan fingerprint density at radius 3 is 2.44 bits per heavy atom. The maximum atomic E-state index is 13.1. The lowest BCUT2D eigenvalue weighted by atomic mass is 10.0. The SMILES string of the molecule is Cc1cc(N2CCCC(N3CCN(C(=O)C(C)C)CC3)C2=O)n(C)n1. The van der Waals surface area contributed by atoms with Gasteiger partial charge in [-0.25, -0.2) is 0 Å². The highest BCUT2D eigenvalue weighted by atomic mass is 16.2. The van der Waals surface area contributed by atoms with Crippen LogP contribution in [0.2, 0.25) is 0 Å². The highest BCUT2D eigenvalue weighted by Gasteiger charge is 2.37. The van der Waals surface area contributed by atoms with Crippen LogP contribution in [0.4, 0.5) is 5.82 Å². The normalized spacial score (nSPS) is 22.8. The topological polar surface area (TPSA) is 61.7 Å². The van der Waals surface area contributed by atoms with Crippen LogP contribution in [0, 0.1) is 12.8 Å². The van der Waals surface area contributed by atoms with Crippen molar-refractivity contribution in [3.63, 3.8) is 0 Å². The Morgan fingerprint density at radius 2 is 1.88 bits per heavy atom. The summed E-state index contributed by atoms with van der Waals surface area (Å²) in [6.07, 6.45) is 1.88. The van der Waals surface area contributed by atoms with Gasteiger partial charge in [0.1, 0.15) is 5.82 Å². The van der Waals surface area contributed by atoms with Crippen molar-refractivity contribution < 1.29 is 9.59 Å². The van der Waals surface area contributed by atoms with Gasteiger partial charge in [-0.15, -0.1) is 0 Å². The molecule has 0 N–H and O–H groups in total. The van der Waals surface area contributed by atoms with Crippen LogP contribution in [0.15, 0.2) is 6.07 Å². The number of aryl methyl sites for hydroxylation is 2. The number of carbonyl (C=O) groups is 2. The van der Waals surface area contributed by atoms with Crippen molar-refractivity contribution in [1.82, 2.24) is 19.6 Å². The monoisotopic (exact) mass is 347 g/mol. The average molecular weight is 347 g/mol. The van der Waals surface area contributed by atoms with Gasteiger partial charge in [0.15, 0.2) is 0 Å². The molecule has 0 radical (unpaired) electrons. The first-order chi connectivity index (χ1) is 11.9. The number of aromatic nitrogens is 2. The Hall–Kier alpha value is -1.89. The molecule has 0 spiro atoms. The minimum atomic E-state index is -0.0831. The highest BCUT2D eigenvalue weighted by Crippen LogP contribution is 2.25. The molecule has 138 valence electrons. The lowest BCUT2D eigenvalue weighted by molar-refractivity contribution is -0.137. The van der Waals surface area contributed by atoms with Crippen molar-refractivity contribution in [2.75, 3.05) is 37.6 Å². The zero-order valence-corrected chi connectivity index (χ0v) is 15.7. The maximum Gasteiger partial charge on any atom is 0.245 e. The summed E-state index contributed by atoms with van der Waals surface area (Å²) in [5.41, 5.74) is 0.924. The first-order valence-electron chi connectivity index (χ1n) is 9.23. The molecule has 0 aliphatic carbocycles. The third kappa shape index (κ3) is 3.56. The second-order valence-electron chi connectivity index (χ2n) is 7.43. The van der Waals surface area contributed by atoms with E-state index in [1.807, 2.05) is 43.7 Å². The highest BCUT2D eigenvalue weighted by molar-refractivity contribution is 5.97. The first kappa shape index (κ1) is 17.9. The third-order valence-electron chi connectivity index (χ3n) is 5.22. The van der Waals surface area contributed by atoms with Crippen LogP contribution < -0.4 is 4.90 Å². The largest absolute Gasteiger partial charge is 0.340 e. The second kappa shape index (κ2) is 7.15. The molecular formula is C18H29N5O2. The van der Waals surface area contributed by atoms with E-state index in [1.165, 1.54) is 0 Å². The van der Waals surface area contributed by atoms with Crippen LogP contribution in [0.25, 0.3) is 0 Å². The summed E-state index contributed by atoms with van der Waals surface area (Å²) < 4.78 is 1.79. The van der Waals surface area contributed by atoms with Crippen LogP contribution in [0.3, 0.4) is 0 Å². The number of amides is 2. The molecule has 1 unspecified atom stereocenters.